The van der Waals surface area contributed by atoms with Crippen LogP contribution >= 0.6 is 11.8 Å². The van der Waals surface area contributed by atoms with Crippen molar-refractivity contribution in [3.05, 3.63) is 53.1 Å². The van der Waals surface area contributed by atoms with E-state index < -0.39 is 6.10 Å². The van der Waals surface area contributed by atoms with E-state index in [-0.39, 0.29) is 11.2 Å². The molecule has 2 aromatic carbocycles. The molecule has 0 aromatic heterocycles. The smallest absolute Gasteiger partial charge is 0.254 e. The van der Waals surface area contributed by atoms with Crippen molar-refractivity contribution in [2.75, 3.05) is 12.4 Å². The molecule has 0 saturated heterocycles. The first-order valence-corrected chi connectivity index (χ1v) is 8.28. The van der Waals surface area contributed by atoms with Gasteiger partial charge in [-0.05, 0) is 48.7 Å². The average molecular weight is 329 g/mol. The van der Waals surface area contributed by atoms with E-state index in [1.54, 1.807) is 7.11 Å². The van der Waals surface area contributed by atoms with Gasteiger partial charge in [-0.25, -0.2) is 0 Å². The van der Waals surface area contributed by atoms with Crippen molar-refractivity contribution in [3.63, 3.8) is 0 Å². The highest BCUT2D eigenvalue weighted by Gasteiger charge is 2.33. The van der Waals surface area contributed by atoms with Crippen LogP contribution in [0.1, 0.15) is 21.9 Å². The van der Waals surface area contributed by atoms with Gasteiger partial charge in [0.05, 0.1) is 18.0 Å². The largest absolute Gasteiger partial charge is 0.497 e. The van der Waals surface area contributed by atoms with Crippen LogP contribution in [0.15, 0.2) is 41.3 Å². The molecular formula is C18H19NO3S. The van der Waals surface area contributed by atoms with Gasteiger partial charge in [-0.3, -0.25) is 4.79 Å². The van der Waals surface area contributed by atoms with Gasteiger partial charge in [0.2, 0.25) is 0 Å². The fourth-order valence-corrected chi connectivity index (χ4v) is 4.06. The Morgan fingerprint density at radius 1 is 1.17 bits per heavy atom. The molecule has 1 aliphatic rings. The molecular weight excluding hydrogens is 310 g/mol. The van der Waals surface area contributed by atoms with Crippen LogP contribution in [-0.4, -0.2) is 24.2 Å². The monoisotopic (exact) mass is 329 g/mol. The Balaban J connectivity index is 2.04. The molecule has 0 saturated carbocycles. The number of carbonyl (C=O) groups excluding carboxylic acids is 1. The Kier molecular flexibility index (Phi) is 4.33. The first-order valence-electron chi connectivity index (χ1n) is 7.40. The SMILES string of the molecule is COc1ccc([C@H]2Sc3c(C)cc(C)cc3NC(=O)[C@H]2O)cc1. The van der Waals surface area contributed by atoms with E-state index >= 15 is 0 Å². The molecule has 2 atom stereocenters. The number of fused-ring (bicyclic) bond motifs is 1. The Morgan fingerprint density at radius 3 is 2.52 bits per heavy atom. The van der Waals surface area contributed by atoms with Crippen LogP contribution in [0.5, 0.6) is 5.75 Å². The molecule has 0 bridgehead atoms. The topological polar surface area (TPSA) is 58.6 Å². The second kappa shape index (κ2) is 6.26. The average Bonchev–Trinajstić information content (AvgIpc) is 2.65. The number of aryl methyl sites for hydroxylation is 2. The molecule has 1 amide bonds. The standard InChI is InChI=1S/C18H19NO3S/c1-10-8-11(2)16-14(9-10)19-18(21)15(20)17(23-16)12-4-6-13(22-3)7-5-12/h4-9,15,17,20H,1-3H3,(H,19,21)/t15-,17+/m0/s1. The van der Waals surface area contributed by atoms with Crippen molar-refractivity contribution in [2.24, 2.45) is 0 Å². The molecule has 120 valence electrons. The minimum Gasteiger partial charge on any atom is -0.497 e. The summed E-state index contributed by atoms with van der Waals surface area (Å²) in [6.45, 7) is 4.01. The zero-order chi connectivity index (χ0) is 16.6. The lowest BCUT2D eigenvalue weighted by Gasteiger charge is -2.19. The van der Waals surface area contributed by atoms with E-state index in [2.05, 4.69) is 11.4 Å². The zero-order valence-electron chi connectivity index (χ0n) is 13.3. The summed E-state index contributed by atoms with van der Waals surface area (Å²) in [4.78, 5) is 13.3. The third-order valence-electron chi connectivity index (χ3n) is 3.92. The number of aliphatic hydroxyl groups is 1. The number of aliphatic hydroxyl groups excluding tert-OH is 1. The zero-order valence-corrected chi connectivity index (χ0v) is 14.1. The highest BCUT2D eigenvalue weighted by Crippen LogP contribution is 2.45. The first kappa shape index (κ1) is 15.9. The van der Waals surface area contributed by atoms with E-state index in [9.17, 15) is 9.90 Å². The Bertz CT molecular complexity index is 743. The van der Waals surface area contributed by atoms with Crippen molar-refractivity contribution in [2.45, 2.75) is 30.1 Å². The third kappa shape index (κ3) is 3.07. The number of amides is 1. The first-order chi connectivity index (χ1) is 11.0. The summed E-state index contributed by atoms with van der Waals surface area (Å²) in [5, 5.41) is 12.9. The number of rotatable bonds is 2. The van der Waals surface area contributed by atoms with E-state index in [0.717, 1.165) is 33.0 Å². The normalized spacial score (nSPS) is 20.4. The van der Waals surface area contributed by atoms with Crippen molar-refractivity contribution < 1.29 is 14.6 Å². The molecule has 2 aromatic rings. The van der Waals surface area contributed by atoms with Crippen molar-refractivity contribution >= 4 is 23.4 Å². The van der Waals surface area contributed by atoms with Gasteiger partial charge in [-0.1, -0.05) is 18.2 Å². The number of hydrogen-bond acceptors (Lipinski definition) is 4. The molecule has 0 unspecified atom stereocenters. The summed E-state index contributed by atoms with van der Waals surface area (Å²) in [6, 6.07) is 11.5. The predicted octanol–water partition coefficient (Wildman–Crippen LogP) is 3.46. The Labute approximate surface area is 139 Å². The quantitative estimate of drug-likeness (QED) is 0.886. The van der Waals surface area contributed by atoms with E-state index in [1.165, 1.54) is 11.8 Å². The van der Waals surface area contributed by atoms with Crippen LogP contribution in [0.4, 0.5) is 5.69 Å². The number of anilines is 1. The van der Waals surface area contributed by atoms with Gasteiger partial charge in [0.15, 0.2) is 0 Å². The molecule has 0 radical (unpaired) electrons. The van der Waals surface area contributed by atoms with Crippen LogP contribution < -0.4 is 10.1 Å². The second-order valence-corrected chi connectivity index (χ2v) is 6.86. The van der Waals surface area contributed by atoms with Gasteiger partial charge in [0.25, 0.3) is 5.91 Å². The molecule has 4 nitrogen and oxygen atoms in total. The molecule has 2 N–H and O–H groups in total. The molecule has 0 spiro atoms. The van der Waals surface area contributed by atoms with Gasteiger partial charge in [0, 0.05) is 4.90 Å². The number of nitrogens with one attached hydrogen (secondary N) is 1. The fraction of sp³-hybridized carbons (Fsp3) is 0.278. The highest BCUT2D eigenvalue weighted by atomic mass is 32.2. The maximum absolute atomic E-state index is 12.3. The van der Waals surface area contributed by atoms with Gasteiger partial charge in [0.1, 0.15) is 11.9 Å². The minimum absolute atomic E-state index is 0.358. The van der Waals surface area contributed by atoms with E-state index in [1.807, 2.05) is 44.2 Å². The van der Waals surface area contributed by atoms with Crippen LogP contribution in [0.25, 0.3) is 0 Å². The third-order valence-corrected chi connectivity index (χ3v) is 5.48. The van der Waals surface area contributed by atoms with Gasteiger partial charge < -0.3 is 15.2 Å². The summed E-state index contributed by atoms with van der Waals surface area (Å²) >= 11 is 1.52. The predicted molar refractivity (Wildman–Crippen MR) is 92.1 cm³/mol. The minimum atomic E-state index is -1.11. The van der Waals surface area contributed by atoms with Gasteiger partial charge >= 0.3 is 0 Å². The lowest BCUT2D eigenvalue weighted by atomic mass is 10.1. The molecule has 0 aliphatic carbocycles. The summed E-state index contributed by atoms with van der Waals surface area (Å²) in [7, 11) is 1.61. The van der Waals surface area contributed by atoms with Gasteiger partial charge in [-0.2, -0.15) is 0 Å². The Hall–Kier alpha value is -1.98. The second-order valence-electron chi connectivity index (χ2n) is 5.70. The van der Waals surface area contributed by atoms with Crippen LogP contribution in [0, 0.1) is 13.8 Å². The molecule has 1 heterocycles. The maximum Gasteiger partial charge on any atom is 0.254 e. The van der Waals surface area contributed by atoms with Crippen molar-refractivity contribution in [1.82, 2.24) is 0 Å². The van der Waals surface area contributed by atoms with Crippen LogP contribution in [0.3, 0.4) is 0 Å². The summed E-state index contributed by atoms with van der Waals surface area (Å²) in [5.74, 6) is 0.376. The number of thioether (sulfide) groups is 1. The molecule has 1 aliphatic heterocycles. The molecule has 0 fully saturated rings. The van der Waals surface area contributed by atoms with Crippen LogP contribution in [0.2, 0.25) is 0 Å². The highest BCUT2D eigenvalue weighted by molar-refractivity contribution is 7.99. The Morgan fingerprint density at radius 2 is 1.87 bits per heavy atom. The number of ether oxygens (including phenoxy) is 1. The number of methoxy groups -OCH3 is 1. The lowest BCUT2D eigenvalue weighted by molar-refractivity contribution is -0.124. The summed E-state index contributed by atoms with van der Waals surface area (Å²) < 4.78 is 5.17. The number of hydrogen-bond donors (Lipinski definition) is 2. The number of benzene rings is 2. The molecule has 5 heteroatoms. The lowest BCUT2D eigenvalue weighted by Crippen LogP contribution is -2.30. The maximum atomic E-state index is 12.3. The van der Waals surface area contributed by atoms with E-state index in [4.69, 9.17) is 4.74 Å². The van der Waals surface area contributed by atoms with Crippen LogP contribution in [-0.2, 0) is 4.79 Å². The molecule has 3 rings (SSSR count). The van der Waals surface area contributed by atoms with Gasteiger partial charge in [-0.15, -0.1) is 11.8 Å². The summed E-state index contributed by atoms with van der Waals surface area (Å²) in [6.07, 6.45) is -1.11. The summed E-state index contributed by atoms with van der Waals surface area (Å²) in [5.41, 5.74) is 3.84. The van der Waals surface area contributed by atoms with Crippen molar-refractivity contribution in [3.8, 4) is 5.75 Å². The fourth-order valence-electron chi connectivity index (χ4n) is 2.78. The number of carbonyl (C=O) groups is 1. The molecule has 23 heavy (non-hydrogen) atoms. The van der Waals surface area contributed by atoms with E-state index in [0.29, 0.717) is 0 Å². The van der Waals surface area contributed by atoms with Crippen molar-refractivity contribution in [1.29, 1.82) is 0 Å².